The van der Waals surface area contributed by atoms with Gasteiger partial charge in [-0.2, -0.15) is 0 Å². The number of nitrogens with one attached hydrogen (secondary N) is 2. The second-order valence-corrected chi connectivity index (χ2v) is 6.36. The zero-order valence-electron chi connectivity index (χ0n) is 14.1. The Bertz CT molecular complexity index is 474. The van der Waals surface area contributed by atoms with Gasteiger partial charge in [-0.25, -0.2) is 4.79 Å². The molecule has 2 N–H and O–H groups in total. The number of nitrogens with zero attached hydrogens (tertiary/aromatic N) is 2. The van der Waals surface area contributed by atoms with Crippen molar-refractivity contribution in [2.75, 3.05) is 33.7 Å². The highest BCUT2D eigenvalue weighted by Gasteiger charge is 2.55. The predicted molar refractivity (Wildman–Crippen MR) is 89.4 cm³/mol. The zero-order valence-corrected chi connectivity index (χ0v) is 14.9. The Morgan fingerprint density at radius 1 is 1.43 bits per heavy atom. The molecule has 1 aliphatic carbocycles. The molecule has 1 heterocycles. The second kappa shape index (κ2) is 7.97. The summed E-state index contributed by atoms with van der Waals surface area (Å²) in [4.78, 5) is 39.7. The van der Waals surface area contributed by atoms with E-state index in [9.17, 15) is 14.4 Å². The summed E-state index contributed by atoms with van der Waals surface area (Å²) in [5.41, 5.74) is -0.793. The lowest BCUT2D eigenvalue weighted by molar-refractivity contribution is -0.140. The number of hydrogen-bond donors (Lipinski definition) is 2. The molecule has 0 aromatic heterocycles. The van der Waals surface area contributed by atoms with Gasteiger partial charge in [0.1, 0.15) is 12.1 Å². The molecule has 4 amide bonds. The van der Waals surface area contributed by atoms with Crippen LogP contribution in [-0.4, -0.2) is 66.9 Å². The minimum absolute atomic E-state index is 0. The molecule has 0 bridgehead atoms. The Hall–Kier alpha value is -1.34. The van der Waals surface area contributed by atoms with Gasteiger partial charge < -0.3 is 15.5 Å². The third kappa shape index (κ3) is 3.77. The molecule has 132 valence electrons. The lowest BCUT2D eigenvalue weighted by atomic mass is 9.73. The topological polar surface area (TPSA) is 81.8 Å². The van der Waals surface area contributed by atoms with Crippen molar-refractivity contribution in [3.8, 4) is 0 Å². The molecular weight excluding hydrogens is 320 g/mol. The van der Waals surface area contributed by atoms with Crippen LogP contribution in [0.25, 0.3) is 0 Å². The monoisotopic (exact) mass is 346 g/mol. The van der Waals surface area contributed by atoms with Gasteiger partial charge >= 0.3 is 6.03 Å². The summed E-state index contributed by atoms with van der Waals surface area (Å²) < 4.78 is 0. The Kier molecular flexibility index (Phi) is 6.83. The van der Waals surface area contributed by atoms with Gasteiger partial charge in [0.25, 0.3) is 5.91 Å². The maximum absolute atomic E-state index is 12.7. The summed E-state index contributed by atoms with van der Waals surface area (Å²) in [6.07, 6.45) is 3.60. The fourth-order valence-corrected chi connectivity index (χ4v) is 3.30. The summed E-state index contributed by atoms with van der Waals surface area (Å²) in [7, 11) is 3.49. The van der Waals surface area contributed by atoms with Crippen LogP contribution in [0.15, 0.2) is 0 Å². The number of likely N-dealkylation sites (N-methyl/N-ethyl adjacent to an activating group) is 2. The SMILES string of the molecule is CNCCN(C)C(=O)CN1C(=O)NC2(CCCCC2C)C1=O.Cl. The van der Waals surface area contributed by atoms with Crippen LogP contribution in [0.5, 0.6) is 0 Å². The highest BCUT2D eigenvalue weighted by Crippen LogP contribution is 2.38. The first-order valence-electron chi connectivity index (χ1n) is 7.95. The maximum Gasteiger partial charge on any atom is 0.325 e. The van der Waals surface area contributed by atoms with Crippen LogP contribution in [0.1, 0.15) is 32.6 Å². The quantitative estimate of drug-likeness (QED) is 0.714. The standard InChI is InChI=1S/C15H26N4O3.ClH/c1-11-6-4-5-7-15(11)13(21)19(14(22)17-15)10-12(20)18(3)9-8-16-2;/h11,16H,4-10H2,1-3H3,(H,17,22);1H. The van der Waals surface area contributed by atoms with E-state index in [0.717, 1.165) is 24.2 Å². The Balaban J connectivity index is 0.00000264. The highest BCUT2D eigenvalue weighted by atomic mass is 35.5. The summed E-state index contributed by atoms with van der Waals surface area (Å²) >= 11 is 0. The van der Waals surface area contributed by atoms with E-state index >= 15 is 0 Å². The molecule has 0 aromatic carbocycles. The van der Waals surface area contributed by atoms with E-state index < -0.39 is 11.6 Å². The first-order chi connectivity index (χ1) is 10.4. The minimum atomic E-state index is -0.793. The molecule has 2 aliphatic rings. The number of halogens is 1. The summed E-state index contributed by atoms with van der Waals surface area (Å²) in [5, 5.41) is 5.82. The van der Waals surface area contributed by atoms with Gasteiger partial charge in [0.05, 0.1) is 0 Å². The first kappa shape index (κ1) is 19.7. The van der Waals surface area contributed by atoms with Crippen molar-refractivity contribution in [1.82, 2.24) is 20.4 Å². The number of imide groups is 1. The van der Waals surface area contributed by atoms with Gasteiger partial charge in [0.15, 0.2) is 0 Å². The average molecular weight is 347 g/mol. The van der Waals surface area contributed by atoms with E-state index in [4.69, 9.17) is 0 Å². The third-order valence-electron chi connectivity index (χ3n) is 4.92. The fourth-order valence-electron chi connectivity index (χ4n) is 3.30. The largest absolute Gasteiger partial charge is 0.343 e. The zero-order chi connectivity index (χ0) is 16.3. The van der Waals surface area contributed by atoms with E-state index in [1.807, 2.05) is 14.0 Å². The molecule has 2 fully saturated rings. The third-order valence-corrected chi connectivity index (χ3v) is 4.92. The molecule has 1 spiro atoms. The van der Waals surface area contributed by atoms with E-state index in [1.165, 1.54) is 4.90 Å². The normalized spacial score (nSPS) is 26.9. The summed E-state index contributed by atoms with van der Waals surface area (Å²) in [6, 6.07) is -0.436. The Morgan fingerprint density at radius 3 is 2.74 bits per heavy atom. The van der Waals surface area contributed by atoms with Gasteiger partial charge in [-0.1, -0.05) is 19.8 Å². The molecule has 0 aromatic rings. The minimum Gasteiger partial charge on any atom is -0.343 e. The molecule has 7 nitrogen and oxygen atoms in total. The lowest BCUT2D eigenvalue weighted by Gasteiger charge is -2.36. The molecule has 2 atom stereocenters. The van der Waals surface area contributed by atoms with Crippen LogP contribution in [0.4, 0.5) is 4.79 Å². The number of rotatable bonds is 5. The van der Waals surface area contributed by atoms with Crippen molar-refractivity contribution in [2.24, 2.45) is 5.92 Å². The van der Waals surface area contributed by atoms with Gasteiger partial charge in [-0.05, 0) is 25.8 Å². The molecule has 8 heteroatoms. The van der Waals surface area contributed by atoms with Crippen LogP contribution >= 0.6 is 12.4 Å². The lowest BCUT2D eigenvalue weighted by Crippen LogP contribution is -2.54. The van der Waals surface area contributed by atoms with E-state index in [1.54, 1.807) is 7.05 Å². The van der Waals surface area contributed by atoms with Crippen LogP contribution in [-0.2, 0) is 9.59 Å². The Labute approximate surface area is 143 Å². The number of amides is 4. The Morgan fingerprint density at radius 2 is 2.13 bits per heavy atom. The number of urea groups is 1. The van der Waals surface area contributed by atoms with Crippen LogP contribution in [0, 0.1) is 5.92 Å². The average Bonchev–Trinajstić information content (AvgIpc) is 2.73. The molecule has 1 aliphatic heterocycles. The van der Waals surface area contributed by atoms with E-state index in [0.29, 0.717) is 19.5 Å². The summed E-state index contributed by atoms with van der Waals surface area (Å²) in [6.45, 7) is 3.03. The van der Waals surface area contributed by atoms with Gasteiger partial charge in [-0.3, -0.25) is 14.5 Å². The van der Waals surface area contributed by atoms with Crippen molar-refractivity contribution >= 4 is 30.3 Å². The van der Waals surface area contributed by atoms with E-state index in [2.05, 4.69) is 10.6 Å². The van der Waals surface area contributed by atoms with Crippen molar-refractivity contribution in [1.29, 1.82) is 0 Å². The smallest absolute Gasteiger partial charge is 0.325 e. The van der Waals surface area contributed by atoms with Crippen molar-refractivity contribution in [2.45, 2.75) is 38.1 Å². The highest BCUT2D eigenvalue weighted by molar-refractivity contribution is 6.09. The molecular formula is C15H27ClN4O3. The molecule has 1 saturated heterocycles. The first-order valence-corrected chi connectivity index (χ1v) is 7.95. The number of carbonyl (C=O) groups excluding carboxylic acids is 3. The maximum atomic E-state index is 12.7. The molecule has 23 heavy (non-hydrogen) atoms. The molecule has 1 saturated carbocycles. The van der Waals surface area contributed by atoms with Gasteiger partial charge in [0.2, 0.25) is 5.91 Å². The van der Waals surface area contributed by atoms with E-state index in [-0.39, 0.29) is 36.7 Å². The predicted octanol–water partition coefficient (Wildman–Crippen LogP) is 0.587. The fraction of sp³-hybridized carbons (Fsp3) is 0.800. The number of hydrogen-bond acceptors (Lipinski definition) is 4. The van der Waals surface area contributed by atoms with Crippen LogP contribution in [0.3, 0.4) is 0 Å². The van der Waals surface area contributed by atoms with Gasteiger partial charge in [-0.15, -0.1) is 12.4 Å². The van der Waals surface area contributed by atoms with Crippen molar-refractivity contribution in [3.05, 3.63) is 0 Å². The van der Waals surface area contributed by atoms with Crippen LogP contribution in [0.2, 0.25) is 0 Å². The van der Waals surface area contributed by atoms with Crippen molar-refractivity contribution in [3.63, 3.8) is 0 Å². The second-order valence-electron chi connectivity index (χ2n) is 6.36. The number of carbonyl (C=O) groups is 3. The molecule has 0 radical (unpaired) electrons. The summed E-state index contributed by atoms with van der Waals surface area (Å²) in [5.74, 6) is -0.348. The molecule has 2 rings (SSSR count). The van der Waals surface area contributed by atoms with Gasteiger partial charge in [0, 0.05) is 20.1 Å². The van der Waals surface area contributed by atoms with Crippen LogP contribution < -0.4 is 10.6 Å². The van der Waals surface area contributed by atoms with Crippen molar-refractivity contribution < 1.29 is 14.4 Å². The molecule has 2 unspecified atom stereocenters.